The molecule has 1 atom stereocenters. The molecule has 0 radical (unpaired) electrons. The van der Waals surface area contributed by atoms with E-state index < -0.39 is 11.9 Å². The van der Waals surface area contributed by atoms with E-state index in [1.807, 2.05) is 0 Å². The lowest BCUT2D eigenvalue weighted by molar-refractivity contribution is 0.148. The summed E-state index contributed by atoms with van der Waals surface area (Å²) in [5.74, 6) is -0.339. The molecule has 0 aliphatic rings. The zero-order valence-corrected chi connectivity index (χ0v) is 12.6. The van der Waals surface area contributed by atoms with Crippen LogP contribution in [-0.4, -0.2) is 14.9 Å². The molecule has 0 spiro atoms. The molecule has 6 nitrogen and oxygen atoms in total. The summed E-state index contributed by atoms with van der Waals surface area (Å²) in [5, 5.41) is 15.0. The van der Waals surface area contributed by atoms with E-state index in [0.29, 0.717) is 21.4 Å². The van der Waals surface area contributed by atoms with Crippen LogP contribution < -0.4 is 5.76 Å². The molecule has 0 saturated heterocycles. The molecule has 0 aliphatic heterocycles. The van der Waals surface area contributed by atoms with E-state index in [1.165, 1.54) is 12.3 Å². The second-order valence-electron chi connectivity index (χ2n) is 4.51. The number of hydrogen-bond donors (Lipinski definition) is 1. The number of aromatic nitrogens is 2. The Morgan fingerprint density at radius 3 is 2.86 bits per heavy atom. The van der Waals surface area contributed by atoms with Gasteiger partial charge in [-0.15, -0.1) is 5.10 Å². The van der Waals surface area contributed by atoms with E-state index in [-0.39, 0.29) is 12.4 Å². The molecule has 0 bridgehead atoms. The maximum Gasteiger partial charge on any atom is 0.437 e. The Kier molecular flexibility index (Phi) is 4.06. The molecule has 1 N–H and O–H groups in total. The minimum absolute atomic E-state index is 0.0411. The molecule has 22 heavy (non-hydrogen) atoms. The van der Waals surface area contributed by atoms with Gasteiger partial charge in [0.15, 0.2) is 5.76 Å². The first-order valence-electron chi connectivity index (χ1n) is 6.29. The van der Waals surface area contributed by atoms with Crippen molar-refractivity contribution < 1.29 is 13.9 Å². The van der Waals surface area contributed by atoms with Gasteiger partial charge in [0, 0.05) is 15.6 Å². The summed E-state index contributed by atoms with van der Waals surface area (Å²) < 4.78 is 11.1. The summed E-state index contributed by atoms with van der Waals surface area (Å²) in [7, 11) is 0. The van der Waals surface area contributed by atoms with Crippen LogP contribution in [0.4, 0.5) is 0 Å². The van der Waals surface area contributed by atoms with Crippen LogP contribution in [0, 0.1) is 0 Å². The van der Waals surface area contributed by atoms with Crippen LogP contribution in [0.2, 0.25) is 10.0 Å². The van der Waals surface area contributed by atoms with Crippen molar-refractivity contribution in [3.8, 4) is 11.7 Å². The molecule has 2 heterocycles. The van der Waals surface area contributed by atoms with E-state index in [4.69, 9.17) is 32.0 Å². The van der Waals surface area contributed by atoms with E-state index >= 15 is 0 Å². The molecule has 1 aromatic carbocycles. The summed E-state index contributed by atoms with van der Waals surface area (Å²) in [4.78, 5) is 11.8. The van der Waals surface area contributed by atoms with Crippen molar-refractivity contribution in [1.82, 2.24) is 9.78 Å². The van der Waals surface area contributed by atoms with Crippen LogP contribution in [0.25, 0.3) is 11.7 Å². The summed E-state index contributed by atoms with van der Waals surface area (Å²) in [6.07, 6.45) is 0.382. The Morgan fingerprint density at radius 1 is 1.32 bits per heavy atom. The zero-order valence-electron chi connectivity index (χ0n) is 11.1. The Labute approximate surface area is 134 Å². The van der Waals surface area contributed by atoms with Crippen LogP contribution in [0.3, 0.4) is 0 Å². The quantitative estimate of drug-likeness (QED) is 0.788. The highest BCUT2D eigenvalue weighted by molar-refractivity contribution is 6.33. The molecule has 0 aliphatic carbocycles. The fourth-order valence-corrected chi connectivity index (χ4v) is 2.38. The minimum Gasteiger partial charge on any atom is -0.459 e. The fourth-order valence-electron chi connectivity index (χ4n) is 1.95. The van der Waals surface area contributed by atoms with Gasteiger partial charge >= 0.3 is 5.76 Å². The van der Waals surface area contributed by atoms with Gasteiger partial charge in [0.25, 0.3) is 5.89 Å². The first-order valence-corrected chi connectivity index (χ1v) is 7.05. The molecule has 0 fully saturated rings. The predicted molar refractivity (Wildman–Crippen MR) is 79.9 cm³/mol. The second-order valence-corrected chi connectivity index (χ2v) is 5.36. The molecule has 114 valence electrons. The standard InChI is InChI=1S/C14H10Cl2N2O4/c15-8-3-4-10(16)9(6-8)11(19)7-18-14(20)22-13(17-18)12-2-1-5-21-12/h1-6,11,19H,7H2/t11-/m1/s1. The highest BCUT2D eigenvalue weighted by Crippen LogP contribution is 2.27. The van der Waals surface area contributed by atoms with Gasteiger partial charge in [-0.1, -0.05) is 23.2 Å². The maximum absolute atomic E-state index is 11.8. The summed E-state index contributed by atoms with van der Waals surface area (Å²) >= 11 is 11.9. The van der Waals surface area contributed by atoms with Crippen molar-refractivity contribution in [2.24, 2.45) is 0 Å². The fraction of sp³-hybridized carbons (Fsp3) is 0.143. The molecule has 8 heteroatoms. The molecule has 2 aromatic heterocycles. The van der Waals surface area contributed by atoms with Gasteiger partial charge in [0.1, 0.15) is 6.10 Å². The molecule has 0 unspecified atom stereocenters. The molecule has 0 amide bonds. The largest absolute Gasteiger partial charge is 0.459 e. The Morgan fingerprint density at radius 2 is 2.14 bits per heavy atom. The van der Waals surface area contributed by atoms with Crippen LogP contribution in [0.1, 0.15) is 11.7 Å². The highest BCUT2D eigenvalue weighted by atomic mass is 35.5. The van der Waals surface area contributed by atoms with Crippen molar-refractivity contribution in [2.75, 3.05) is 0 Å². The predicted octanol–water partition coefficient (Wildman–Crippen LogP) is 3.14. The van der Waals surface area contributed by atoms with Crippen LogP contribution in [0.15, 0.2) is 50.2 Å². The average molecular weight is 341 g/mol. The van der Waals surface area contributed by atoms with Crippen LogP contribution in [0.5, 0.6) is 0 Å². The molecular weight excluding hydrogens is 331 g/mol. The van der Waals surface area contributed by atoms with E-state index in [0.717, 1.165) is 4.68 Å². The SMILES string of the molecule is O=c1oc(-c2ccco2)nn1C[C@@H](O)c1cc(Cl)ccc1Cl. The van der Waals surface area contributed by atoms with E-state index in [2.05, 4.69) is 5.10 Å². The Hall–Kier alpha value is -2.02. The lowest BCUT2D eigenvalue weighted by atomic mass is 10.1. The molecule has 3 rings (SSSR count). The maximum atomic E-state index is 11.8. The summed E-state index contributed by atoms with van der Waals surface area (Å²) in [6.45, 7) is -0.122. The van der Waals surface area contributed by atoms with Gasteiger partial charge in [-0.3, -0.25) is 0 Å². The number of aliphatic hydroxyl groups excluding tert-OH is 1. The number of rotatable bonds is 4. The topological polar surface area (TPSA) is 81.4 Å². The lowest BCUT2D eigenvalue weighted by Crippen LogP contribution is -2.20. The smallest absolute Gasteiger partial charge is 0.437 e. The molecule has 3 aromatic rings. The van der Waals surface area contributed by atoms with Gasteiger partial charge < -0.3 is 13.9 Å². The molecular formula is C14H10Cl2N2O4. The first kappa shape index (κ1) is 14.9. The third kappa shape index (κ3) is 2.94. The monoisotopic (exact) mass is 340 g/mol. The normalized spacial score (nSPS) is 12.5. The third-order valence-corrected chi connectivity index (χ3v) is 3.58. The van der Waals surface area contributed by atoms with Gasteiger partial charge in [-0.05, 0) is 30.3 Å². The van der Waals surface area contributed by atoms with Gasteiger partial charge in [0.05, 0.1) is 12.8 Å². The number of furan rings is 1. The van der Waals surface area contributed by atoms with Crippen molar-refractivity contribution in [3.63, 3.8) is 0 Å². The lowest BCUT2D eigenvalue weighted by Gasteiger charge is -2.12. The highest BCUT2D eigenvalue weighted by Gasteiger charge is 2.18. The van der Waals surface area contributed by atoms with E-state index in [9.17, 15) is 9.90 Å². The van der Waals surface area contributed by atoms with Gasteiger partial charge in [-0.25, -0.2) is 4.79 Å². The van der Waals surface area contributed by atoms with Crippen molar-refractivity contribution >= 4 is 23.2 Å². The average Bonchev–Trinajstić information content (AvgIpc) is 3.12. The number of halogens is 2. The van der Waals surface area contributed by atoms with E-state index in [1.54, 1.807) is 24.3 Å². The second kappa shape index (κ2) is 6.00. The number of hydrogen-bond acceptors (Lipinski definition) is 5. The third-order valence-electron chi connectivity index (χ3n) is 3.00. The zero-order chi connectivity index (χ0) is 15.7. The Balaban J connectivity index is 1.87. The van der Waals surface area contributed by atoms with Crippen molar-refractivity contribution in [3.05, 3.63) is 62.8 Å². The number of benzene rings is 1. The van der Waals surface area contributed by atoms with Gasteiger partial charge in [-0.2, -0.15) is 4.68 Å². The number of nitrogens with zero attached hydrogens (tertiary/aromatic N) is 2. The van der Waals surface area contributed by atoms with Gasteiger partial charge in [0.2, 0.25) is 0 Å². The minimum atomic E-state index is -1.06. The Bertz CT molecular complexity index is 839. The van der Waals surface area contributed by atoms with Crippen molar-refractivity contribution in [1.29, 1.82) is 0 Å². The number of aliphatic hydroxyl groups is 1. The first-order chi connectivity index (χ1) is 10.5. The molecule has 0 saturated carbocycles. The van der Waals surface area contributed by atoms with Crippen LogP contribution in [-0.2, 0) is 6.54 Å². The van der Waals surface area contributed by atoms with Crippen LogP contribution >= 0.6 is 23.2 Å². The summed E-state index contributed by atoms with van der Waals surface area (Å²) in [6, 6.07) is 7.97. The summed E-state index contributed by atoms with van der Waals surface area (Å²) in [5.41, 5.74) is 0.406. The van der Waals surface area contributed by atoms with Crippen molar-refractivity contribution in [2.45, 2.75) is 12.6 Å².